The van der Waals surface area contributed by atoms with Crippen molar-refractivity contribution in [3.63, 3.8) is 0 Å². The van der Waals surface area contributed by atoms with E-state index in [1.54, 1.807) is 18.7 Å². The number of aryl methyl sites for hydroxylation is 1. The van der Waals surface area contributed by atoms with Crippen LogP contribution in [0.3, 0.4) is 0 Å². The van der Waals surface area contributed by atoms with E-state index in [1.165, 1.54) is 18.2 Å². The minimum atomic E-state index is -3.78. The van der Waals surface area contributed by atoms with E-state index < -0.39 is 15.8 Å². The van der Waals surface area contributed by atoms with Crippen LogP contribution in [0.4, 0.5) is 4.39 Å². The Balaban J connectivity index is 1.90. The monoisotopic (exact) mass is 283 g/mol. The largest absolute Gasteiger partial charge is 0.337 e. The van der Waals surface area contributed by atoms with E-state index in [4.69, 9.17) is 0 Å². The lowest BCUT2D eigenvalue weighted by Gasteiger charge is -2.07. The summed E-state index contributed by atoms with van der Waals surface area (Å²) in [5.74, 6) is -0.746. The fourth-order valence-electron chi connectivity index (χ4n) is 1.63. The van der Waals surface area contributed by atoms with Gasteiger partial charge >= 0.3 is 0 Å². The number of halogens is 1. The Kier molecular flexibility index (Phi) is 4.28. The second-order valence-electron chi connectivity index (χ2n) is 3.98. The summed E-state index contributed by atoms with van der Waals surface area (Å²) in [6.07, 6.45) is 5.71. The lowest BCUT2D eigenvalue weighted by molar-refractivity contribution is 0.550. The number of imidazole rings is 1. The van der Waals surface area contributed by atoms with E-state index in [0.29, 0.717) is 13.0 Å². The van der Waals surface area contributed by atoms with Crippen LogP contribution in [0.15, 0.2) is 47.9 Å². The highest BCUT2D eigenvalue weighted by Gasteiger charge is 2.17. The van der Waals surface area contributed by atoms with Crippen LogP contribution in [0.2, 0.25) is 0 Å². The second-order valence-corrected chi connectivity index (χ2v) is 5.72. The fourth-order valence-corrected chi connectivity index (χ4v) is 2.78. The molecule has 0 unspecified atom stereocenters. The molecule has 0 radical (unpaired) electrons. The molecule has 1 aromatic carbocycles. The summed E-state index contributed by atoms with van der Waals surface area (Å²) >= 11 is 0. The third-order valence-electron chi connectivity index (χ3n) is 2.57. The number of sulfonamides is 1. The number of rotatable bonds is 6. The molecule has 0 spiro atoms. The quantitative estimate of drug-likeness (QED) is 0.815. The summed E-state index contributed by atoms with van der Waals surface area (Å²) in [6.45, 7) is 0.897. The number of hydrogen-bond acceptors (Lipinski definition) is 3. The molecule has 0 atom stereocenters. The molecule has 0 fully saturated rings. The van der Waals surface area contributed by atoms with Crippen LogP contribution in [0, 0.1) is 5.82 Å². The molecule has 19 heavy (non-hydrogen) atoms. The third-order valence-corrected chi connectivity index (χ3v) is 4.06. The first-order valence-corrected chi connectivity index (χ1v) is 7.28. The predicted octanol–water partition coefficient (Wildman–Crippen LogP) is 1.39. The van der Waals surface area contributed by atoms with E-state index in [0.717, 1.165) is 6.07 Å². The normalized spacial score (nSPS) is 11.6. The summed E-state index contributed by atoms with van der Waals surface area (Å²) in [7, 11) is -3.78. The molecule has 0 saturated heterocycles. The molecule has 1 heterocycles. The van der Waals surface area contributed by atoms with Crippen LogP contribution in [0.5, 0.6) is 0 Å². The molecule has 0 bridgehead atoms. The van der Waals surface area contributed by atoms with Crippen LogP contribution in [0.25, 0.3) is 0 Å². The molecule has 1 aromatic heterocycles. The third kappa shape index (κ3) is 3.62. The van der Waals surface area contributed by atoms with Crippen molar-refractivity contribution < 1.29 is 12.8 Å². The van der Waals surface area contributed by atoms with E-state index in [2.05, 4.69) is 9.71 Å². The zero-order valence-corrected chi connectivity index (χ0v) is 11.0. The maximum atomic E-state index is 13.4. The van der Waals surface area contributed by atoms with Crippen LogP contribution in [-0.4, -0.2) is 24.5 Å². The van der Waals surface area contributed by atoms with Crippen molar-refractivity contribution in [1.82, 2.24) is 14.3 Å². The Hall–Kier alpha value is -1.73. The highest BCUT2D eigenvalue weighted by atomic mass is 32.2. The Bertz CT molecular complexity index is 626. The molecule has 102 valence electrons. The van der Waals surface area contributed by atoms with E-state index in [9.17, 15) is 12.8 Å². The topological polar surface area (TPSA) is 64.0 Å². The van der Waals surface area contributed by atoms with Crippen molar-refractivity contribution in [3.8, 4) is 0 Å². The van der Waals surface area contributed by atoms with Crippen molar-refractivity contribution >= 4 is 10.0 Å². The Morgan fingerprint density at radius 1 is 1.32 bits per heavy atom. The van der Waals surface area contributed by atoms with E-state index in [-0.39, 0.29) is 11.4 Å². The molecule has 2 aromatic rings. The molecule has 0 amide bonds. The lowest BCUT2D eigenvalue weighted by Crippen LogP contribution is -2.26. The predicted molar refractivity (Wildman–Crippen MR) is 68.4 cm³/mol. The molecule has 0 aliphatic heterocycles. The van der Waals surface area contributed by atoms with Crippen LogP contribution < -0.4 is 4.72 Å². The maximum Gasteiger partial charge on any atom is 0.243 e. The Labute approximate surface area is 111 Å². The van der Waals surface area contributed by atoms with Crippen molar-refractivity contribution in [2.45, 2.75) is 17.9 Å². The first kappa shape index (κ1) is 13.7. The van der Waals surface area contributed by atoms with Crippen LogP contribution in [-0.2, 0) is 16.6 Å². The Morgan fingerprint density at radius 3 is 2.79 bits per heavy atom. The maximum absolute atomic E-state index is 13.4. The zero-order chi connectivity index (χ0) is 13.7. The van der Waals surface area contributed by atoms with E-state index in [1.807, 2.05) is 4.57 Å². The molecule has 2 rings (SSSR count). The smallest absolute Gasteiger partial charge is 0.243 e. The summed E-state index contributed by atoms with van der Waals surface area (Å²) < 4.78 is 41.3. The minimum absolute atomic E-state index is 0.245. The first-order chi connectivity index (χ1) is 9.09. The molecule has 0 saturated carbocycles. The van der Waals surface area contributed by atoms with Gasteiger partial charge in [0.05, 0.1) is 6.33 Å². The van der Waals surface area contributed by atoms with Crippen molar-refractivity contribution in [1.29, 1.82) is 0 Å². The number of nitrogens with zero attached hydrogens (tertiary/aromatic N) is 2. The Morgan fingerprint density at radius 2 is 2.11 bits per heavy atom. The van der Waals surface area contributed by atoms with Gasteiger partial charge in [0, 0.05) is 25.5 Å². The van der Waals surface area contributed by atoms with Crippen molar-refractivity contribution in [2.75, 3.05) is 6.54 Å². The van der Waals surface area contributed by atoms with Gasteiger partial charge in [0.1, 0.15) is 10.7 Å². The molecule has 0 aliphatic rings. The summed E-state index contributed by atoms with van der Waals surface area (Å²) in [5, 5.41) is 0. The standard InChI is InChI=1S/C12H14FN3O2S/c13-11-4-1-2-5-12(11)19(17,18)15-6-3-8-16-9-7-14-10-16/h1-2,4-5,7,9-10,15H,3,6,8H2. The SMILES string of the molecule is O=S(=O)(NCCCn1ccnc1)c1ccccc1F. The lowest BCUT2D eigenvalue weighted by atomic mass is 10.4. The van der Waals surface area contributed by atoms with Crippen molar-refractivity contribution in [3.05, 3.63) is 48.8 Å². The van der Waals surface area contributed by atoms with Gasteiger partial charge in [0.2, 0.25) is 10.0 Å². The van der Waals surface area contributed by atoms with Gasteiger partial charge in [-0.25, -0.2) is 22.5 Å². The van der Waals surface area contributed by atoms with E-state index >= 15 is 0 Å². The van der Waals surface area contributed by atoms with Crippen LogP contribution in [0.1, 0.15) is 6.42 Å². The van der Waals surface area contributed by atoms with Gasteiger partial charge in [-0.1, -0.05) is 12.1 Å². The average Bonchev–Trinajstić information content (AvgIpc) is 2.88. The van der Waals surface area contributed by atoms with Crippen LogP contribution >= 0.6 is 0 Å². The molecule has 7 heteroatoms. The van der Waals surface area contributed by atoms with Crippen molar-refractivity contribution in [2.24, 2.45) is 0 Å². The second kappa shape index (κ2) is 5.94. The minimum Gasteiger partial charge on any atom is -0.337 e. The summed E-state index contributed by atoms with van der Waals surface area (Å²) in [4.78, 5) is 3.56. The fraction of sp³-hybridized carbons (Fsp3) is 0.250. The first-order valence-electron chi connectivity index (χ1n) is 5.79. The number of nitrogens with one attached hydrogen (secondary N) is 1. The highest BCUT2D eigenvalue weighted by Crippen LogP contribution is 2.12. The number of aromatic nitrogens is 2. The average molecular weight is 283 g/mol. The zero-order valence-electron chi connectivity index (χ0n) is 10.2. The molecule has 0 aliphatic carbocycles. The van der Waals surface area contributed by atoms with Gasteiger partial charge in [0.25, 0.3) is 0 Å². The van der Waals surface area contributed by atoms with Gasteiger partial charge in [-0.15, -0.1) is 0 Å². The number of hydrogen-bond donors (Lipinski definition) is 1. The van der Waals surface area contributed by atoms with Gasteiger partial charge < -0.3 is 4.57 Å². The molecule has 5 nitrogen and oxygen atoms in total. The molecular weight excluding hydrogens is 269 g/mol. The summed E-state index contributed by atoms with van der Waals surface area (Å²) in [5.41, 5.74) is 0. The number of benzene rings is 1. The summed E-state index contributed by atoms with van der Waals surface area (Å²) in [6, 6.07) is 5.31. The van der Waals surface area contributed by atoms with Gasteiger partial charge in [-0.2, -0.15) is 0 Å². The molecular formula is C12H14FN3O2S. The highest BCUT2D eigenvalue weighted by molar-refractivity contribution is 7.89. The van der Waals surface area contributed by atoms with Gasteiger partial charge in [-0.05, 0) is 18.6 Å². The molecule has 1 N–H and O–H groups in total. The van der Waals surface area contributed by atoms with Gasteiger partial charge in [0.15, 0.2) is 0 Å². The van der Waals surface area contributed by atoms with Gasteiger partial charge in [-0.3, -0.25) is 0 Å².